The van der Waals surface area contributed by atoms with Crippen molar-refractivity contribution < 1.29 is 9.53 Å². The molecule has 0 atom stereocenters. The number of carbonyl (C=O) groups is 1. The molecule has 0 heterocycles. The van der Waals surface area contributed by atoms with Crippen LogP contribution in [0.25, 0.3) is 0 Å². The fourth-order valence-corrected chi connectivity index (χ4v) is 2.85. The van der Waals surface area contributed by atoms with Gasteiger partial charge in [0.25, 0.3) is 5.91 Å². The first kappa shape index (κ1) is 15.6. The molecule has 2 aromatic rings. The molecule has 0 radical (unpaired) electrons. The Morgan fingerprint density at radius 1 is 1.14 bits per heavy atom. The van der Waals surface area contributed by atoms with E-state index in [-0.39, 0.29) is 5.91 Å². The van der Waals surface area contributed by atoms with Gasteiger partial charge in [0.15, 0.2) is 0 Å². The summed E-state index contributed by atoms with van der Waals surface area (Å²) < 4.78 is 6.38. The van der Waals surface area contributed by atoms with E-state index in [0.717, 1.165) is 27.0 Å². The Labute approximate surface area is 133 Å². The van der Waals surface area contributed by atoms with Crippen LogP contribution in [0.5, 0.6) is 5.75 Å². The zero-order valence-corrected chi connectivity index (χ0v) is 14.0. The molecule has 0 aliphatic heterocycles. The molecule has 0 aromatic heterocycles. The first-order valence-corrected chi connectivity index (χ1v) is 7.61. The molecule has 0 spiro atoms. The van der Waals surface area contributed by atoms with E-state index in [1.165, 1.54) is 0 Å². The van der Waals surface area contributed by atoms with E-state index in [0.29, 0.717) is 12.2 Å². The highest BCUT2D eigenvalue weighted by Gasteiger charge is 2.10. The maximum Gasteiger partial charge on any atom is 0.255 e. The van der Waals surface area contributed by atoms with Gasteiger partial charge in [0.2, 0.25) is 0 Å². The summed E-state index contributed by atoms with van der Waals surface area (Å²) in [4.78, 5) is 12.3. The van der Waals surface area contributed by atoms with Crippen LogP contribution in [-0.2, 0) is 0 Å². The third kappa shape index (κ3) is 3.85. The Balaban J connectivity index is 2.18. The minimum atomic E-state index is -0.119. The monoisotopic (exact) mass is 347 g/mol. The normalized spacial score (nSPS) is 10.3. The molecule has 2 aromatic carbocycles. The number of aryl methyl sites for hydroxylation is 2. The standard InChI is InChI=1S/C17H18BrNO2/c1-4-21-15-7-5-13(6-8-15)17(20)19-16-11(2)9-14(18)10-12(16)3/h5-10H,4H2,1-3H3,(H,19,20). The van der Waals surface area contributed by atoms with E-state index >= 15 is 0 Å². The topological polar surface area (TPSA) is 38.3 Å². The van der Waals surface area contributed by atoms with Crippen LogP contribution >= 0.6 is 15.9 Å². The molecule has 1 N–H and O–H groups in total. The number of hydrogen-bond acceptors (Lipinski definition) is 2. The highest BCUT2D eigenvalue weighted by Crippen LogP contribution is 2.25. The van der Waals surface area contributed by atoms with Crippen molar-refractivity contribution in [2.24, 2.45) is 0 Å². The Kier molecular flexibility index (Phi) is 5.02. The Morgan fingerprint density at radius 2 is 1.71 bits per heavy atom. The molecule has 0 aliphatic rings. The van der Waals surface area contributed by atoms with Crippen LogP contribution in [0.2, 0.25) is 0 Å². The lowest BCUT2D eigenvalue weighted by atomic mass is 10.1. The first-order chi connectivity index (χ1) is 10.0. The van der Waals surface area contributed by atoms with Gasteiger partial charge in [0.05, 0.1) is 6.61 Å². The lowest BCUT2D eigenvalue weighted by molar-refractivity contribution is 0.102. The van der Waals surface area contributed by atoms with Crippen molar-refractivity contribution in [3.8, 4) is 5.75 Å². The number of amides is 1. The molecule has 0 aliphatic carbocycles. The molecule has 3 nitrogen and oxygen atoms in total. The second kappa shape index (κ2) is 6.76. The van der Waals surface area contributed by atoms with Crippen LogP contribution in [0.1, 0.15) is 28.4 Å². The molecule has 4 heteroatoms. The molecule has 2 rings (SSSR count). The summed E-state index contributed by atoms with van der Waals surface area (Å²) in [6.45, 7) is 6.50. The van der Waals surface area contributed by atoms with Gasteiger partial charge in [-0.25, -0.2) is 0 Å². The van der Waals surface area contributed by atoms with Crippen LogP contribution in [0.3, 0.4) is 0 Å². The van der Waals surface area contributed by atoms with Crippen molar-refractivity contribution in [1.29, 1.82) is 0 Å². The van der Waals surface area contributed by atoms with E-state index in [1.807, 2.05) is 32.9 Å². The molecule has 0 fully saturated rings. The van der Waals surface area contributed by atoms with E-state index in [4.69, 9.17) is 4.74 Å². The van der Waals surface area contributed by atoms with Crippen LogP contribution in [0.15, 0.2) is 40.9 Å². The SMILES string of the molecule is CCOc1ccc(C(=O)Nc2c(C)cc(Br)cc2C)cc1. The van der Waals surface area contributed by atoms with E-state index < -0.39 is 0 Å². The van der Waals surface area contributed by atoms with Crippen LogP contribution in [-0.4, -0.2) is 12.5 Å². The van der Waals surface area contributed by atoms with Crippen molar-refractivity contribution >= 4 is 27.5 Å². The summed E-state index contributed by atoms with van der Waals surface area (Å²) >= 11 is 3.45. The number of anilines is 1. The third-order valence-corrected chi connectivity index (χ3v) is 3.62. The van der Waals surface area contributed by atoms with Gasteiger partial charge < -0.3 is 10.1 Å². The first-order valence-electron chi connectivity index (χ1n) is 6.82. The quantitative estimate of drug-likeness (QED) is 0.868. The number of ether oxygens (including phenoxy) is 1. The summed E-state index contributed by atoms with van der Waals surface area (Å²) in [5.74, 6) is 0.650. The minimum Gasteiger partial charge on any atom is -0.494 e. The molecule has 1 amide bonds. The predicted octanol–water partition coefficient (Wildman–Crippen LogP) is 4.72. The average Bonchev–Trinajstić information content (AvgIpc) is 2.43. The fraction of sp³-hybridized carbons (Fsp3) is 0.235. The van der Waals surface area contributed by atoms with Crippen molar-refractivity contribution in [2.45, 2.75) is 20.8 Å². The summed E-state index contributed by atoms with van der Waals surface area (Å²) in [6.07, 6.45) is 0. The van der Waals surface area contributed by atoms with Crippen molar-refractivity contribution in [3.05, 3.63) is 57.6 Å². The largest absolute Gasteiger partial charge is 0.494 e. The van der Waals surface area contributed by atoms with Gasteiger partial charge in [0.1, 0.15) is 5.75 Å². The van der Waals surface area contributed by atoms with E-state index in [9.17, 15) is 4.79 Å². The molecule has 0 saturated carbocycles. The highest BCUT2D eigenvalue weighted by atomic mass is 79.9. The Bertz CT molecular complexity index is 627. The van der Waals surface area contributed by atoms with E-state index in [2.05, 4.69) is 21.2 Å². The van der Waals surface area contributed by atoms with Gasteiger partial charge in [-0.3, -0.25) is 4.79 Å². The lowest BCUT2D eigenvalue weighted by Gasteiger charge is -2.12. The predicted molar refractivity (Wildman–Crippen MR) is 89.2 cm³/mol. The summed E-state index contributed by atoms with van der Waals surface area (Å²) in [6, 6.07) is 11.1. The summed E-state index contributed by atoms with van der Waals surface area (Å²) in [5, 5.41) is 2.97. The Morgan fingerprint density at radius 3 is 2.24 bits per heavy atom. The number of hydrogen-bond donors (Lipinski definition) is 1. The number of halogens is 1. The van der Waals surface area contributed by atoms with Crippen molar-refractivity contribution in [2.75, 3.05) is 11.9 Å². The zero-order valence-electron chi connectivity index (χ0n) is 12.4. The molecule has 21 heavy (non-hydrogen) atoms. The van der Waals surface area contributed by atoms with Gasteiger partial charge in [-0.05, 0) is 68.3 Å². The number of carbonyl (C=O) groups excluding carboxylic acids is 1. The van der Waals surface area contributed by atoms with Crippen molar-refractivity contribution in [3.63, 3.8) is 0 Å². The molecular weight excluding hydrogens is 330 g/mol. The third-order valence-electron chi connectivity index (χ3n) is 3.16. The summed E-state index contributed by atoms with van der Waals surface area (Å²) in [7, 11) is 0. The summed E-state index contributed by atoms with van der Waals surface area (Å²) in [5.41, 5.74) is 3.53. The van der Waals surface area contributed by atoms with Gasteiger partial charge >= 0.3 is 0 Å². The maximum absolute atomic E-state index is 12.3. The zero-order chi connectivity index (χ0) is 15.4. The van der Waals surface area contributed by atoms with Gasteiger partial charge in [0, 0.05) is 15.7 Å². The molecular formula is C17H18BrNO2. The number of rotatable bonds is 4. The van der Waals surface area contributed by atoms with Crippen LogP contribution in [0, 0.1) is 13.8 Å². The van der Waals surface area contributed by atoms with Gasteiger partial charge in [-0.15, -0.1) is 0 Å². The van der Waals surface area contributed by atoms with Crippen LogP contribution < -0.4 is 10.1 Å². The maximum atomic E-state index is 12.3. The molecule has 110 valence electrons. The minimum absolute atomic E-state index is 0.119. The molecule has 0 saturated heterocycles. The smallest absolute Gasteiger partial charge is 0.255 e. The lowest BCUT2D eigenvalue weighted by Crippen LogP contribution is -2.13. The average molecular weight is 348 g/mol. The second-order valence-corrected chi connectivity index (χ2v) is 5.74. The Hall–Kier alpha value is -1.81. The second-order valence-electron chi connectivity index (χ2n) is 4.83. The van der Waals surface area contributed by atoms with Gasteiger partial charge in [-0.1, -0.05) is 15.9 Å². The van der Waals surface area contributed by atoms with E-state index in [1.54, 1.807) is 24.3 Å². The molecule has 0 unspecified atom stereocenters. The van der Waals surface area contributed by atoms with Gasteiger partial charge in [-0.2, -0.15) is 0 Å². The highest BCUT2D eigenvalue weighted by molar-refractivity contribution is 9.10. The number of nitrogens with one attached hydrogen (secondary N) is 1. The van der Waals surface area contributed by atoms with Crippen molar-refractivity contribution in [1.82, 2.24) is 0 Å². The number of benzene rings is 2. The fourth-order valence-electron chi connectivity index (χ4n) is 2.16. The van der Waals surface area contributed by atoms with Crippen LogP contribution in [0.4, 0.5) is 5.69 Å². The molecule has 0 bridgehead atoms.